The van der Waals surface area contributed by atoms with Crippen LogP contribution in [0.15, 0.2) is 24.3 Å². The van der Waals surface area contributed by atoms with Crippen LogP contribution in [0.4, 0.5) is 16.2 Å². The van der Waals surface area contributed by atoms with Crippen LogP contribution in [0.5, 0.6) is 0 Å². The van der Waals surface area contributed by atoms with Gasteiger partial charge in [0.15, 0.2) is 0 Å². The highest BCUT2D eigenvalue weighted by Gasteiger charge is 2.10. The van der Waals surface area contributed by atoms with E-state index in [9.17, 15) is 14.9 Å². The van der Waals surface area contributed by atoms with Gasteiger partial charge in [0.2, 0.25) is 0 Å². The number of nitrogens with one attached hydrogen (secondary N) is 2. The topological polar surface area (TPSA) is 104 Å². The Balaban J connectivity index is 2.54. The van der Waals surface area contributed by atoms with Crippen LogP contribution >= 0.6 is 0 Å². The zero-order valence-electron chi connectivity index (χ0n) is 10.6. The summed E-state index contributed by atoms with van der Waals surface area (Å²) in [5.41, 5.74) is 0.444. The predicted octanol–water partition coefficient (Wildman–Crippen LogP) is 1.88. The van der Waals surface area contributed by atoms with Gasteiger partial charge in [0.25, 0.3) is 5.69 Å². The number of carbonyl (C=O) groups is 1. The lowest BCUT2D eigenvalue weighted by atomic mass is 10.2. The molecule has 1 aromatic rings. The minimum Gasteiger partial charge on any atom is -0.396 e. The molecule has 1 rings (SSSR count). The smallest absolute Gasteiger partial charge is 0.319 e. The molecule has 0 fully saturated rings. The molecule has 1 unspecified atom stereocenters. The van der Waals surface area contributed by atoms with Gasteiger partial charge in [-0.05, 0) is 25.0 Å². The number of carbonyl (C=O) groups excluding carboxylic acids is 1. The molecule has 0 aromatic heterocycles. The molecule has 19 heavy (non-hydrogen) atoms. The Morgan fingerprint density at radius 3 is 2.53 bits per heavy atom. The molecule has 0 bridgehead atoms. The normalized spacial score (nSPS) is 11.7. The van der Waals surface area contributed by atoms with Crippen LogP contribution in [0.3, 0.4) is 0 Å². The quantitative estimate of drug-likeness (QED) is 0.540. The number of rotatable bonds is 6. The molecule has 0 saturated carbocycles. The first-order valence-corrected chi connectivity index (χ1v) is 5.99. The van der Waals surface area contributed by atoms with Gasteiger partial charge in [-0.25, -0.2) is 4.79 Å². The van der Waals surface area contributed by atoms with E-state index in [2.05, 4.69) is 10.6 Å². The summed E-state index contributed by atoms with van der Waals surface area (Å²) in [5.74, 6) is 0. The van der Waals surface area contributed by atoms with Crippen LogP contribution in [0, 0.1) is 10.1 Å². The molecule has 0 heterocycles. The molecule has 0 aliphatic rings. The van der Waals surface area contributed by atoms with Crippen LogP contribution in [0.2, 0.25) is 0 Å². The molecule has 0 aliphatic heterocycles. The fourth-order valence-corrected chi connectivity index (χ4v) is 1.55. The molecule has 104 valence electrons. The summed E-state index contributed by atoms with van der Waals surface area (Å²) in [6.45, 7) is 1.92. The van der Waals surface area contributed by atoms with Crippen molar-refractivity contribution in [2.24, 2.45) is 0 Å². The highest BCUT2D eigenvalue weighted by Crippen LogP contribution is 2.15. The number of nitro groups is 1. The molecule has 1 atom stereocenters. The van der Waals surface area contributed by atoms with E-state index in [0.717, 1.165) is 0 Å². The Morgan fingerprint density at radius 2 is 2.05 bits per heavy atom. The summed E-state index contributed by atoms with van der Waals surface area (Å²) in [7, 11) is 0. The molecule has 7 heteroatoms. The Morgan fingerprint density at radius 1 is 1.42 bits per heavy atom. The van der Waals surface area contributed by atoms with Crippen LogP contribution < -0.4 is 10.6 Å². The number of aliphatic hydroxyl groups is 1. The van der Waals surface area contributed by atoms with E-state index in [1.807, 2.05) is 6.92 Å². The summed E-state index contributed by atoms with van der Waals surface area (Å²) in [5, 5.41) is 24.6. The third-order valence-electron chi connectivity index (χ3n) is 2.64. The third-order valence-corrected chi connectivity index (χ3v) is 2.64. The standard InChI is InChI=1S/C12H17N3O4/c1-2-9(7-8-16)13-12(17)14-10-3-5-11(6-4-10)15(18)19/h3-6,9,16H,2,7-8H2,1H3,(H2,13,14,17). The van der Waals surface area contributed by atoms with Gasteiger partial charge in [-0.3, -0.25) is 10.1 Å². The second-order valence-corrected chi connectivity index (χ2v) is 4.02. The average molecular weight is 267 g/mol. The van der Waals surface area contributed by atoms with E-state index in [4.69, 9.17) is 5.11 Å². The third kappa shape index (κ3) is 4.92. The van der Waals surface area contributed by atoms with Crippen LogP contribution in [-0.4, -0.2) is 28.7 Å². The molecule has 1 aromatic carbocycles. The van der Waals surface area contributed by atoms with Gasteiger partial charge < -0.3 is 15.7 Å². The fourth-order valence-electron chi connectivity index (χ4n) is 1.55. The van der Waals surface area contributed by atoms with Crippen molar-refractivity contribution in [1.82, 2.24) is 5.32 Å². The lowest BCUT2D eigenvalue weighted by Gasteiger charge is -2.16. The minimum atomic E-state index is -0.502. The summed E-state index contributed by atoms with van der Waals surface area (Å²) < 4.78 is 0. The van der Waals surface area contributed by atoms with Crippen LogP contribution in [0.25, 0.3) is 0 Å². The molecular formula is C12H17N3O4. The zero-order chi connectivity index (χ0) is 14.3. The number of amides is 2. The van der Waals surface area contributed by atoms with Gasteiger partial charge in [-0.1, -0.05) is 6.92 Å². The van der Waals surface area contributed by atoms with E-state index >= 15 is 0 Å². The number of nitro benzene ring substituents is 1. The largest absolute Gasteiger partial charge is 0.396 e. The summed E-state index contributed by atoms with van der Waals surface area (Å²) in [4.78, 5) is 21.6. The van der Waals surface area contributed by atoms with E-state index < -0.39 is 11.0 Å². The van der Waals surface area contributed by atoms with Crippen LogP contribution in [-0.2, 0) is 0 Å². The Bertz CT molecular complexity index is 433. The molecule has 7 nitrogen and oxygen atoms in total. The van der Waals surface area contributed by atoms with Crippen LogP contribution in [0.1, 0.15) is 19.8 Å². The Hall–Kier alpha value is -2.15. The predicted molar refractivity (Wildman–Crippen MR) is 71.0 cm³/mol. The summed E-state index contributed by atoms with van der Waals surface area (Å²) in [6.07, 6.45) is 1.21. The molecular weight excluding hydrogens is 250 g/mol. The Labute approximate surface area is 110 Å². The highest BCUT2D eigenvalue weighted by atomic mass is 16.6. The van der Waals surface area contributed by atoms with Crippen molar-refractivity contribution in [2.75, 3.05) is 11.9 Å². The van der Waals surface area contributed by atoms with Crippen molar-refractivity contribution in [1.29, 1.82) is 0 Å². The van der Waals surface area contributed by atoms with E-state index in [0.29, 0.717) is 18.5 Å². The molecule has 0 radical (unpaired) electrons. The number of hydrogen-bond donors (Lipinski definition) is 3. The van der Waals surface area contributed by atoms with E-state index in [1.165, 1.54) is 24.3 Å². The first-order chi connectivity index (χ1) is 9.06. The number of non-ortho nitro benzene ring substituents is 1. The van der Waals surface area contributed by atoms with Crippen molar-refractivity contribution >= 4 is 17.4 Å². The second-order valence-electron chi connectivity index (χ2n) is 4.02. The zero-order valence-corrected chi connectivity index (χ0v) is 10.6. The second kappa shape index (κ2) is 7.32. The SMILES string of the molecule is CCC(CCO)NC(=O)Nc1ccc([N+](=O)[O-])cc1. The van der Waals surface area contributed by atoms with Crippen molar-refractivity contribution in [3.8, 4) is 0 Å². The first-order valence-electron chi connectivity index (χ1n) is 5.99. The fraction of sp³-hybridized carbons (Fsp3) is 0.417. The maximum atomic E-state index is 11.6. The monoisotopic (exact) mass is 267 g/mol. The van der Waals surface area contributed by atoms with Gasteiger partial charge in [-0.15, -0.1) is 0 Å². The van der Waals surface area contributed by atoms with Gasteiger partial charge in [-0.2, -0.15) is 0 Å². The van der Waals surface area contributed by atoms with Crippen molar-refractivity contribution in [3.63, 3.8) is 0 Å². The average Bonchev–Trinajstić information content (AvgIpc) is 2.38. The van der Waals surface area contributed by atoms with Gasteiger partial charge in [0, 0.05) is 30.5 Å². The molecule has 2 amide bonds. The van der Waals surface area contributed by atoms with Crippen molar-refractivity contribution < 1.29 is 14.8 Å². The lowest BCUT2D eigenvalue weighted by Crippen LogP contribution is -2.38. The molecule has 0 aliphatic carbocycles. The van der Waals surface area contributed by atoms with Gasteiger partial charge in [0.1, 0.15) is 0 Å². The Kier molecular flexibility index (Phi) is 5.74. The lowest BCUT2D eigenvalue weighted by molar-refractivity contribution is -0.384. The summed E-state index contributed by atoms with van der Waals surface area (Å²) in [6, 6.07) is 5.08. The summed E-state index contributed by atoms with van der Waals surface area (Å²) >= 11 is 0. The minimum absolute atomic E-state index is 0.0102. The maximum absolute atomic E-state index is 11.6. The molecule has 3 N–H and O–H groups in total. The van der Waals surface area contributed by atoms with Crippen molar-refractivity contribution in [3.05, 3.63) is 34.4 Å². The number of aliphatic hydroxyl groups excluding tert-OH is 1. The van der Waals surface area contributed by atoms with E-state index in [-0.39, 0.29) is 18.3 Å². The molecule has 0 saturated heterocycles. The van der Waals surface area contributed by atoms with Crippen molar-refractivity contribution in [2.45, 2.75) is 25.8 Å². The van der Waals surface area contributed by atoms with E-state index in [1.54, 1.807) is 0 Å². The number of nitrogens with zero attached hydrogens (tertiary/aromatic N) is 1. The number of benzene rings is 1. The number of urea groups is 1. The highest BCUT2D eigenvalue weighted by molar-refractivity contribution is 5.89. The molecule has 0 spiro atoms. The van der Waals surface area contributed by atoms with Gasteiger partial charge in [0.05, 0.1) is 4.92 Å². The van der Waals surface area contributed by atoms with Gasteiger partial charge >= 0.3 is 6.03 Å². The number of hydrogen-bond acceptors (Lipinski definition) is 4. The first kappa shape index (κ1) is 14.9. The maximum Gasteiger partial charge on any atom is 0.319 e. The number of anilines is 1.